The molecule has 1 aromatic heterocycles. The standard InChI is InChI=1S/C22H15ClN2O2S/c23-17-8-10-18(11-9-17)28-20-19(16-6-2-1-3-7-16)21(26)25(22(20)27)14-15-5-4-12-24-13-15/h1-13H,14H2. The van der Waals surface area contributed by atoms with Crippen molar-refractivity contribution >= 4 is 40.8 Å². The maximum Gasteiger partial charge on any atom is 0.268 e. The highest BCUT2D eigenvalue weighted by Crippen LogP contribution is 2.40. The third kappa shape index (κ3) is 3.72. The molecule has 0 N–H and O–H groups in total. The zero-order valence-electron chi connectivity index (χ0n) is 14.7. The molecular weight excluding hydrogens is 392 g/mol. The Kier molecular flexibility index (Phi) is 5.28. The first-order valence-corrected chi connectivity index (χ1v) is 9.81. The van der Waals surface area contributed by atoms with E-state index in [2.05, 4.69) is 4.98 Å². The lowest BCUT2D eigenvalue weighted by Gasteiger charge is -2.15. The molecule has 28 heavy (non-hydrogen) atoms. The third-order valence-corrected chi connectivity index (χ3v) is 5.63. The lowest BCUT2D eigenvalue weighted by molar-refractivity contribution is -0.137. The van der Waals surface area contributed by atoms with Crippen molar-refractivity contribution < 1.29 is 9.59 Å². The van der Waals surface area contributed by atoms with Gasteiger partial charge in [0.05, 0.1) is 17.0 Å². The molecule has 0 radical (unpaired) electrons. The number of rotatable bonds is 5. The van der Waals surface area contributed by atoms with E-state index in [1.807, 2.05) is 48.5 Å². The Morgan fingerprint density at radius 1 is 0.893 bits per heavy atom. The van der Waals surface area contributed by atoms with E-state index in [9.17, 15) is 9.59 Å². The number of thioether (sulfide) groups is 1. The predicted octanol–water partition coefficient (Wildman–Crippen LogP) is 4.81. The van der Waals surface area contributed by atoms with Gasteiger partial charge in [-0.2, -0.15) is 0 Å². The number of hydrogen-bond acceptors (Lipinski definition) is 4. The van der Waals surface area contributed by atoms with Gasteiger partial charge < -0.3 is 0 Å². The smallest absolute Gasteiger partial charge is 0.268 e. The number of halogens is 1. The highest BCUT2D eigenvalue weighted by Gasteiger charge is 2.39. The summed E-state index contributed by atoms with van der Waals surface area (Å²) in [5.41, 5.74) is 1.95. The molecular formula is C22H15ClN2O2S. The maximum absolute atomic E-state index is 13.2. The van der Waals surface area contributed by atoms with Gasteiger partial charge >= 0.3 is 0 Å². The van der Waals surface area contributed by atoms with Crippen LogP contribution in [0, 0.1) is 0 Å². The van der Waals surface area contributed by atoms with Crippen LogP contribution < -0.4 is 0 Å². The van der Waals surface area contributed by atoms with Crippen LogP contribution >= 0.6 is 23.4 Å². The van der Waals surface area contributed by atoms with Crippen molar-refractivity contribution in [1.29, 1.82) is 0 Å². The molecule has 0 saturated carbocycles. The van der Waals surface area contributed by atoms with E-state index in [0.29, 0.717) is 15.5 Å². The number of amides is 2. The van der Waals surface area contributed by atoms with Gasteiger partial charge in [-0.3, -0.25) is 19.5 Å². The lowest BCUT2D eigenvalue weighted by atomic mass is 10.1. The summed E-state index contributed by atoms with van der Waals surface area (Å²) in [6.45, 7) is 0.187. The zero-order valence-corrected chi connectivity index (χ0v) is 16.3. The molecule has 0 fully saturated rings. The van der Waals surface area contributed by atoms with Gasteiger partial charge in [0.15, 0.2) is 0 Å². The van der Waals surface area contributed by atoms with Crippen LogP contribution in [0.5, 0.6) is 0 Å². The monoisotopic (exact) mass is 406 g/mol. The summed E-state index contributed by atoms with van der Waals surface area (Å²) in [7, 11) is 0. The molecule has 0 aliphatic carbocycles. The first kappa shape index (κ1) is 18.5. The number of nitrogens with zero attached hydrogens (tertiary/aromatic N) is 2. The fraction of sp³-hybridized carbons (Fsp3) is 0.0455. The van der Waals surface area contributed by atoms with E-state index >= 15 is 0 Å². The van der Waals surface area contributed by atoms with Crippen LogP contribution in [0.2, 0.25) is 5.02 Å². The van der Waals surface area contributed by atoms with Gasteiger partial charge in [0, 0.05) is 22.3 Å². The van der Waals surface area contributed by atoms with Crippen molar-refractivity contribution in [2.24, 2.45) is 0 Å². The van der Waals surface area contributed by atoms with Crippen LogP contribution in [0.4, 0.5) is 0 Å². The van der Waals surface area contributed by atoms with E-state index in [4.69, 9.17) is 11.6 Å². The van der Waals surface area contributed by atoms with Gasteiger partial charge in [0.25, 0.3) is 11.8 Å². The number of pyridine rings is 1. The summed E-state index contributed by atoms with van der Waals surface area (Å²) in [6, 6.07) is 20.1. The Labute approximate surface area is 171 Å². The van der Waals surface area contributed by atoms with Gasteiger partial charge in [-0.1, -0.05) is 59.8 Å². The van der Waals surface area contributed by atoms with Crippen LogP contribution in [0.1, 0.15) is 11.1 Å². The highest BCUT2D eigenvalue weighted by molar-refractivity contribution is 8.04. The fourth-order valence-electron chi connectivity index (χ4n) is 2.95. The van der Waals surface area contributed by atoms with Crippen LogP contribution in [0.3, 0.4) is 0 Å². The molecule has 1 aliphatic heterocycles. The molecule has 138 valence electrons. The van der Waals surface area contributed by atoms with Gasteiger partial charge in [0.1, 0.15) is 0 Å². The van der Waals surface area contributed by atoms with Crippen LogP contribution in [0.25, 0.3) is 5.57 Å². The quantitative estimate of drug-likeness (QED) is 0.571. The number of aromatic nitrogens is 1. The lowest BCUT2D eigenvalue weighted by Crippen LogP contribution is -2.30. The number of hydrogen-bond donors (Lipinski definition) is 0. The van der Waals surface area contributed by atoms with E-state index in [1.165, 1.54) is 16.7 Å². The average molecular weight is 407 g/mol. The van der Waals surface area contributed by atoms with E-state index in [-0.39, 0.29) is 18.4 Å². The van der Waals surface area contributed by atoms with Crippen LogP contribution in [-0.2, 0) is 16.1 Å². The first-order chi connectivity index (χ1) is 13.6. The largest absolute Gasteiger partial charge is 0.269 e. The average Bonchev–Trinajstić information content (AvgIpc) is 2.95. The van der Waals surface area contributed by atoms with Gasteiger partial charge in [-0.05, 0) is 41.5 Å². The third-order valence-electron chi connectivity index (χ3n) is 4.28. The molecule has 2 heterocycles. The molecule has 0 unspecified atom stereocenters. The minimum atomic E-state index is -0.298. The highest BCUT2D eigenvalue weighted by atomic mass is 35.5. The van der Waals surface area contributed by atoms with Crippen LogP contribution in [0.15, 0.2) is 88.9 Å². The SMILES string of the molecule is O=C1C(Sc2ccc(Cl)cc2)=C(c2ccccc2)C(=O)N1Cc1cccnc1. The maximum atomic E-state index is 13.2. The normalized spacial score (nSPS) is 14.1. The number of carbonyl (C=O) groups excluding carboxylic acids is 2. The Bertz CT molecular complexity index is 1050. The fourth-order valence-corrected chi connectivity index (χ4v) is 4.08. The molecule has 2 amide bonds. The van der Waals surface area contributed by atoms with Crippen molar-refractivity contribution in [3.63, 3.8) is 0 Å². The van der Waals surface area contributed by atoms with Crippen LogP contribution in [-0.4, -0.2) is 21.7 Å². The minimum absolute atomic E-state index is 0.187. The molecule has 0 atom stereocenters. The van der Waals surface area contributed by atoms with Crippen molar-refractivity contribution in [2.75, 3.05) is 0 Å². The second-order valence-electron chi connectivity index (χ2n) is 6.18. The molecule has 2 aromatic carbocycles. The van der Waals surface area contributed by atoms with Gasteiger partial charge in [-0.15, -0.1) is 0 Å². The molecule has 1 aliphatic rings. The van der Waals surface area contributed by atoms with Crippen molar-refractivity contribution in [3.05, 3.63) is 100 Å². The number of carbonyl (C=O) groups is 2. The van der Waals surface area contributed by atoms with Crippen molar-refractivity contribution in [2.45, 2.75) is 11.4 Å². The minimum Gasteiger partial charge on any atom is -0.269 e. The molecule has 4 rings (SSSR count). The Morgan fingerprint density at radius 2 is 1.64 bits per heavy atom. The van der Waals surface area contributed by atoms with Gasteiger partial charge in [-0.25, -0.2) is 0 Å². The molecule has 0 saturated heterocycles. The summed E-state index contributed by atoms with van der Waals surface area (Å²) in [5, 5.41) is 0.619. The zero-order chi connectivity index (χ0) is 19.5. The summed E-state index contributed by atoms with van der Waals surface area (Å²) >= 11 is 7.24. The summed E-state index contributed by atoms with van der Waals surface area (Å²) in [6.07, 6.45) is 3.32. The molecule has 4 nitrogen and oxygen atoms in total. The van der Waals surface area contributed by atoms with E-state index in [1.54, 1.807) is 30.6 Å². The molecule has 6 heteroatoms. The Morgan fingerprint density at radius 3 is 2.32 bits per heavy atom. The molecule has 0 bridgehead atoms. The van der Waals surface area contributed by atoms with Crippen molar-refractivity contribution in [1.82, 2.24) is 9.88 Å². The number of benzene rings is 2. The summed E-state index contributed by atoms with van der Waals surface area (Å²) in [5.74, 6) is -0.593. The topological polar surface area (TPSA) is 50.3 Å². The number of imide groups is 1. The first-order valence-electron chi connectivity index (χ1n) is 8.61. The predicted molar refractivity (Wildman–Crippen MR) is 110 cm³/mol. The summed E-state index contributed by atoms with van der Waals surface area (Å²) in [4.78, 5) is 32.9. The summed E-state index contributed by atoms with van der Waals surface area (Å²) < 4.78 is 0. The van der Waals surface area contributed by atoms with E-state index in [0.717, 1.165) is 16.0 Å². The molecule has 0 spiro atoms. The van der Waals surface area contributed by atoms with E-state index < -0.39 is 0 Å². The Hall–Kier alpha value is -2.89. The second kappa shape index (κ2) is 8.00. The second-order valence-corrected chi connectivity index (χ2v) is 7.70. The van der Waals surface area contributed by atoms with Gasteiger partial charge in [0.2, 0.25) is 0 Å². The Balaban J connectivity index is 1.73. The molecule has 3 aromatic rings. The van der Waals surface area contributed by atoms with Crippen molar-refractivity contribution in [3.8, 4) is 0 Å².